The molecule has 6 nitrogen and oxygen atoms in total. The average molecular weight is 495 g/mol. The van der Waals surface area contributed by atoms with Gasteiger partial charge in [0.15, 0.2) is 0 Å². The Labute approximate surface area is 211 Å². The maximum atomic E-state index is 11.7. The third-order valence-electron chi connectivity index (χ3n) is 12.2. The van der Waals surface area contributed by atoms with Gasteiger partial charge in [-0.1, -0.05) is 27.7 Å². The van der Waals surface area contributed by atoms with Crippen molar-refractivity contribution >= 4 is 5.97 Å². The van der Waals surface area contributed by atoms with Crippen molar-refractivity contribution < 1.29 is 30.3 Å². The Hall–Kier alpha value is -0.690. The normalized spacial score (nSPS) is 48.7. The Balaban J connectivity index is 1.50. The third-order valence-corrected chi connectivity index (χ3v) is 12.2. The molecule has 35 heavy (non-hydrogen) atoms. The first-order valence-electron chi connectivity index (χ1n) is 14.2. The topological polar surface area (TPSA) is 118 Å². The van der Waals surface area contributed by atoms with Gasteiger partial charge in [0.05, 0.1) is 30.3 Å². The maximum absolute atomic E-state index is 11.7. The first-order chi connectivity index (χ1) is 16.2. The summed E-state index contributed by atoms with van der Waals surface area (Å²) in [6.07, 6.45) is 6.39. The van der Waals surface area contributed by atoms with Gasteiger partial charge < -0.3 is 25.5 Å². The van der Waals surface area contributed by atoms with Gasteiger partial charge in [-0.25, -0.2) is 0 Å². The van der Waals surface area contributed by atoms with Crippen molar-refractivity contribution in [1.29, 1.82) is 0 Å². The second-order valence-corrected chi connectivity index (χ2v) is 13.9. The summed E-state index contributed by atoms with van der Waals surface area (Å²) in [6, 6.07) is 0. The Bertz CT molecular complexity index is 783. The van der Waals surface area contributed by atoms with Gasteiger partial charge in [0.25, 0.3) is 0 Å². The Morgan fingerprint density at radius 1 is 1.03 bits per heavy atom. The third kappa shape index (κ3) is 4.59. The molecule has 202 valence electrons. The fourth-order valence-electron chi connectivity index (χ4n) is 9.58. The van der Waals surface area contributed by atoms with Crippen molar-refractivity contribution in [1.82, 2.24) is 0 Å². The highest BCUT2D eigenvalue weighted by Gasteiger charge is 2.65. The molecule has 0 aromatic carbocycles. The average Bonchev–Trinajstić information content (AvgIpc) is 3.12. The molecule has 0 amide bonds. The number of carboxylic acids is 1. The number of fused-ring (bicyclic) bond motifs is 5. The molecule has 0 aromatic heterocycles. The number of aliphatic carboxylic acids is 1. The van der Waals surface area contributed by atoms with E-state index >= 15 is 0 Å². The van der Waals surface area contributed by atoms with E-state index in [0.717, 1.165) is 51.4 Å². The molecular weight excluding hydrogens is 444 g/mol. The molecule has 0 saturated heterocycles. The number of aliphatic hydroxyl groups excluding tert-OH is 3. The first kappa shape index (κ1) is 27.3. The Morgan fingerprint density at radius 3 is 2.37 bits per heavy atom. The van der Waals surface area contributed by atoms with Gasteiger partial charge >= 0.3 is 5.97 Å². The van der Waals surface area contributed by atoms with Crippen molar-refractivity contribution in [2.75, 3.05) is 0 Å². The van der Waals surface area contributed by atoms with Crippen LogP contribution in [0.5, 0.6) is 0 Å². The highest BCUT2D eigenvalue weighted by molar-refractivity contribution is 5.67. The summed E-state index contributed by atoms with van der Waals surface area (Å²) in [7, 11) is 0. The summed E-state index contributed by atoms with van der Waals surface area (Å²) in [5, 5.41) is 53.5. The van der Waals surface area contributed by atoms with Crippen LogP contribution in [0.25, 0.3) is 0 Å². The van der Waals surface area contributed by atoms with E-state index < -0.39 is 17.7 Å². The molecule has 4 aliphatic carbocycles. The summed E-state index contributed by atoms with van der Waals surface area (Å²) < 4.78 is 0. The summed E-state index contributed by atoms with van der Waals surface area (Å²) in [6.45, 7) is 10.4. The van der Waals surface area contributed by atoms with Gasteiger partial charge in [-0.05, 0) is 117 Å². The van der Waals surface area contributed by atoms with Crippen LogP contribution >= 0.6 is 0 Å². The van der Waals surface area contributed by atoms with E-state index in [1.165, 1.54) is 0 Å². The minimum absolute atomic E-state index is 0.0406. The Kier molecular flexibility index (Phi) is 7.47. The molecule has 4 saturated carbocycles. The number of hydrogen-bond acceptors (Lipinski definition) is 5. The molecule has 6 heteroatoms. The van der Waals surface area contributed by atoms with Gasteiger partial charge in [-0.3, -0.25) is 4.79 Å². The van der Waals surface area contributed by atoms with Gasteiger partial charge in [0.1, 0.15) is 0 Å². The molecule has 5 N–H and O–H groups in total. The summed E-state index contributed by atoms with van der Waals surface area (Å²) in [5.41, 5.74) is -1.21. The molecule has 4 fully saturated rings. The van der Waals surface area contributed by atoms with E-state index in [2.05, 4.69) is 20.8 Å². The zero-order chi connectivity index (χ0) is 25.9. The second kappa shape index (κ2) is 9.56. The molecule has 0 aromatic rings. The van der Waals surface area contributed by atoms with Crippen LogP contribution in [0.4, 0.5) is 0 Å². The van der Waals surface area contributed by atoms with Crippen molar-refractivity contribution in [2.24, 2.45) is 52.3 Å². The smallest absolute Gasteiger partial charge is 0.303 e. The van der Waals surface area contributed by atoms with Crippen LogP contribution in [0.2, 0.25) is 0 Å². The van der Waals surface area contributed by atoms with Gasteiger partial charge in [-0.15, -0.1) is 0 Å². The zero-order valence-electron chi connectivity index (χ0n) is 22.5. The number of hydrogen-bond donors (Lipinski definition) is 5. The molecule has 0 radical (unpaired) electrons. The van der Waals surface area contributed by atoms with Crippen LogP contribution in [-0.2, 0) is 4.79 Å². The molecule has 4 aliphatic rings. The van der Waals surface area contributed by atoms with Gasteiger partial charge in [-0.2, -0.15) is 0 Å². The molecule has 0 bridgehead atoms. The van der Waals surface area contributed by atoms with E-state index in [1.54, 1.807) is 13.8 Å². The highest BCUT2D eigenvalue weighted by atomic mass is 16.4. The lowest BCUT2D eigenvalue weighted by molar-refractivity contribution is -0.207. The van der Waals surface area contributed by atoms with Crippen molar-refractivity contribution in [3.8, 4) is 0 Å². The standard InChI is InChI=1S/C29H50O6/c1-16(8-11-28(4,35)17(2)12-25(33)34)20-6-7-21-26-22(15-24(32)29(20,21)5)27(3)10-9-19(30)13-18(27)14-23(26)31/h16-24,26,30-32,35H,6-15H2,1-5H3,(H,33,34)/t16-,17?,18+,19-,20-,21+,22+,23-,24+,26+,27+,28?,29-/m1/s1. The SMILES string of the molecule is CC(CC(=O)O)C(C)(O)CC[C@@H](C)[C@H]1CC[C@H]2[C@@H]3[C@H](O)C[C@@H]4C[C@H](O)CC[C@]4(C)[C@H]3C[C@H](O)[C@]12C. The van der Waals surface area contributed by atoms with E-state index in [1.807, 2.05) is 0 Å². The van der Waals surface area contributed by atoms with Crippen LogP contribution in [-0.4, -0.2) is 55.4 Å². The van der Waals surface area contributed by atoms with Gasteiger partial charge in [0, 0.05) is 0 Å². The monoisotopic (exact) mass is 494 g/mol. The lowest BCUT2D eigenvalue weighted by atomic mass is 9.43. The molecular formula is C29H50O6. The number of carboxylic acid groups (broad SMARTS) is 1. The molecule has 4 rings (SSSR count). The maximum Gasteiger partial charge on any atom is 0.303 e. The lowest BCUT2D eigenvalue weighted by Crippen LogP contribution is -2.62. The van der Waals surface area contributed by atoms with Crippen LogP contribution in [0.3, 0.4) is 0 Å². The minimum Gasteiger partial charge on any atom is -0.481 e. The van der Waals surface area contributed by atoms with Crippen LogP contribution in [0.1, 0.15) is 98.8 Å². The van der Waals surface area contributed by atoms with E-state index in [9.17, 15) is 25.2 Å². The van der Waals surface area contributed by atoms with Crippen molar-refractivity contribution in [2.45, 2.75) is 123 Å². The molecule has 0 spiro atoms. The predicted molar refractivity (Wildman–Crippen MR) is 134 cm³/mol. The summed E-state index contributed by atoms with van der Waals surface area (Å²) in [4.78, 5) is 11.1. The largest absolute Gasteiger partial charge is 0.481 e. The van der Waals surface area contributed by atoms with Crippen LogP contribution < -0.4 is 0 Å². The summed E-state index contributed by atoms with van der Waals surface area (Å²) in [5.74, 6) is 0.527. The van der Waals surface area contributed by atoms with E-state index in [0.29, 0.717) is 30.1 Å². The van der Waals surface area contributed by atoms with Crippen LogP contribution in [0.15, 0.2) is 0 Å². The van der Waals surface area contributed by atoms with Gasteiger partial charge in [0.2, 0.25) is 0 Å². The quantitative estimate of drug-likeness (QED) is 0.362. The summed E-state index contributed by atoms with van der Waals surface area (Å²) >= 11 is 0. The second-order valence-electron chi connectivity index (χ2n) is 13.9. The molecule has 13 atom stereocenters. The number of rotatable bonds is 7. The Morgan fingerprint density at radius 2 is 1.71 bits per heavy atom. The number of aliphatic hydroxyl groups is 4. The van der Waals surface area contributed by atoms with Crippen LogP contribution in [0, 0.1) is 52.3 Å². The minimum atomic E-state index is -1.03. The van der Waals surface area contributed by atoms with Crippen molar-refractivity contribution in [3.05, 3.63) is 0 Å². The molecule has 2 unspecified atom stereocenters. The van der Waals surface area contributed by atoms with Crippen molar-refractivity contribution in [3.63, 3.8) is 0 Å². The fraction of sp³-hybridized carbons (Fsp3) is 0.966. The predicted octanol–water partition coefficient (Wildman–Crippen LogP) is 4.23. The molecule has 0 heterocycles. The van der Waals surface area contributed by atoms with E-state index in [4.69, 9.17) is 5.11 Å². The molecule has 0 aliphatic heterocycles. The zero-order valence-corrected chi connectivity index (χ0v) is 22.5. The lowest BCUT2D eigenvalue weighted by Gasteiger charge is -2.63. The number of carbonyl (C=O) groups is 1. The first-order valence-corrected chi connectivity index (χ1v) is 14.2. The highest BCUT2D eigenvalue weighted by Crippen LogP contribution is 2.68. The fourth-order valence-corrected chi connectivity index (χ4v) is 9.58. The van der Waals surface area contributed by atoms with E-state index in [-0.39, 0.29) is 47.2 Å².